The van der Waals surface area contributed by atoms with Crippen molar-refractivity contribution in [3.63, 3.8) is 0 Å². The molecule has 10 heteroatoms. The third kappa shape index (κ3) is 2.97. The lowest BCUT2D eigenvalue weighted by Crippen LogP contribution is -2.30. The second kappa shape index (κ2) is 6.29. The van der Waals surface area contributed by atoms with Crippen molar-refractivity contribution in [2.45, 2.75) is 4.90 Å². The van der Waals surface area contributed by atoms with Crippen LogP contribution in [0.25, 0.3) is 0 Å². The first-order chi connectivity index (χ1) is 11.8. The Balaban J connectivity index is 2.17. The fourth-order valence-electron chi connectivity index (χ4n) is 2.41. The third-order valence-electron chi connectivity index (χ3n) is 3.60. The van der Waals surface area contributed by atoms with E-state index in [-0.39, 0.29) is 44.4 Å². The van der Waals surface area contributed by atoms with Crippen molar-refractivity contribution in [3.8, 4) is 11.5 Å². The van der Waals surface area contributed by atoms with E-state index in [2.05, 4.69) is 0 Å². The van der Waals surface area contributed by atoms with E-state index in [1.165, 1.54) is 37.4 Å². The molecule has 0 radical (unpaired) electrons. The van der Waals surface area contributed by atoms with Crippen molar-refractivity contribution in [1.82, 2.24) is 0 Å². The summed E-state index contributed by atoms with van der Waals surface area (Å²) in [4.78, 5) is 11.3. The number of hydrogen-bond donors (Lipinski definition) is 1. The minimum Gasteiger partial charge on any atom is -0.495 e. The molecule has 0 aliphatic carbocycles. The maximum Gasteiger partial charge on any atom is 0.270 e. The standard InChI is InChI=1S/C15H12Cl2N2O5S/c1-23-12-3-2-9(16)6-13(12)25(21,22)19-7-24-14-10(17)4-8(15(18)20)5-11(14)19/h2-6H,7H2,1H3,(H2,18,20). The molecule has 0 spiro atoms. The second-order valence-electron chi connectivity index (χ2n) is 5.09. The summed E-state index contributed by atoms with van der Waals surface area (Å²) in [5.41, 5.74) is 5.44. The van der Waals surface area contributed by atoms with E-state index >= 15 is 0 Å². The molecule has 132 valence electrons. The van der Waals surface area contributed by atoms with Gasteiger partial charge in [0.2, 0.25) is 5.91 Å². The van der Waals surface area contributed by atoms with Crippen LogP contribution >= 0.6 is 23.2 Å². The molecule has 2 aromatic rings. The molecule has 1 amide bonds. The summed E-state index contributed by atoms with van der Waals surface area (Å²) in [6.07, 6.45) is 0. The van der Waals surface area contributed by atoms with Gasteiger partial charge in [0.1, 0.15) is 10.6 Å². The van der Waals surface area contributed by atoms with E-state index in [1.54, 1.807) is 0 Å². The Morgan fingerprint density at radius 1 is 1.28 bits per heavy atom. The number of halogens is 2. The summed E-state index contributed by atoms with van der Waals surface area (Å²) < 4.78 is 37.6. The topological polar surface area (TPSA) is 98.9 Å². The minimum atomic E-state index is -4.09. The first kappa shape index (κ1) is 17.7. The molecule has 1 heterocycles. The van der Waals surface area contributed by atoms with E-state index < -0.39 is 15.9 Å². The van der Waals surface area contributed by atoms with Crippen LogP contribution < -0.4 is 19.5 Å². The zero-order valence-corrected chi connectivity index (χ0v) is 15.2. The van der Waals surface area contributed by atoms with Crippen LogP contribution in [0.15, 0.2) is 35.2 Å². The molecule has 0 saturated heterocycles. The van der Waals surface area contributed by atoms with E-state index in [0.717, 1.165) is 4.31 Å². The van der Waals surface area contributed by atoms with Crippen LogP contribution in [0.3, 0.4) is 0 Å². The van der Waals surface area contributed by atoms with E-state index in [0.29, 0.717) is 0 Å². The fourth-order valence-corrected chi connectivity index (χ4v) is 4.42. The normalized spacial score (nSPS) is 13.3. The van der Waals surface area contributed by atoms with E-state index in [1.807, 2.05) is 0 Å². The lowest BCUT2D eigenvalue weighted by atomic mass is 10.2. The number of methoxy groups -OCH3 is 1. The maximum absolute atomic E-state index is 13.1. The van der Waals surface area contributed by atoms with Crippen molar-refractivity contribution in [2.75, 3.05) is 18.1 Å². The van der Waals surface area contributed by atoms with Gasteiger partial charge in [-0.25, -0.2) is 12.7 Å². The molecule has 3 rings (SSSR count). The Hall–Kier alpha value is -2.16. The molecule has 25 heavy (non-hydrogen) atoms. The van der Waals surface area contributed by atoms with Crippen molar-refractivity contribution >= 4 is 44.8 Å². The predicted octanol–water partition coefficient (Wildman–Crippen LogP) is 2.65. The number of ether oxygens (including phenoxy) is 2. The summed E-state index contributed by atoms with van der Waals surface area (Å²) in [6.45, 7) is -0.310. The Bertz CT molecular complexity index is 978. The fraction of sp³-hybridized carbons (Fsp3) is 0.133. The van der Waals surface area contributed by atoms with Gasteiger partial charge in [0, 0.05) is 10.6 Å². The van der Waals surface area contributed by atoms with Crippen molar-refractivity contribution in [1.29, 1.82) is 0 Å². The van der Waals surface area contributed by atoms with Gasteiger partial charge in [-0.3, -0.25) is 4.79 Å². The van der Waals surface area contributed by atoms with Gasteiger partial charge in [-0.05, 0) is 30.3 Å². The zero-order chi connectivity index (χ0) is 18.4. The number of fused-ring (bicyclic) bond motifs is 1. The summed E-state index contributed by atoms with van der Waals surface area (Å²) in [5, 5.41) is 0.311. The molecule has 2 aromatic carbocycles. The smallest absolute Gasteiger partial charge is 0.270 e. The summed E-state index contributed by atoms with van der Waals surface area (Å²) in [6, 6.07) is 6.85. The number of sulfonamides is 1. The lowest BCUT2D eigenvalue weighted by Gasteiger charge is -2.19. The Morgan fingerprint density at radius 3 is 2.64 bits per heavy atom. The highest BCUT2D eigenvalue weighted by Crippen LogP contribution is 2.44. The molecular formula is C15H12Cl2N2O5S. The number of benzene rings is 2. The molecule has 7 nitrogen and oxygen atoms in total. The molecule has 0 atom stereocenters. The van der Waals surface area contributed by atoms with Crippen LogP contribution in [-0.4, -0.2) is 28.2 Å². The largest absolute Gasteiger partial charge is 0.495 e. The van der Waals surface area contributed by atoms with Crippen LogP contribution in [0.2, 0.25) is 10.0 Å². The molecule has 1 aliphatic heterocycles. The zero-order valence-electron chi connectivity index (χ0n) is 12.8. The second-order valence-corrected chi connectivity index (χ2v) is 7.77. The van der Waals surface area contributed by atoms with Crippen molar-refractivity contribution in [3.05, 3.63) is 45.9 Å². The average molecular weight is 403 g/mol. The molecular weight excluding hydrogens is 391 g/mol. The summed E-state index contributed by atoms with van der Waals surface area (Å²) in [7, 11) is -2.74. The van der Waals surface area contributed by atoms with Gasteiger partial charge in [-0.1, -0.05) is 23.2 Å². The molecule has 0 saturated carbocycles. The Labute approximate surface area is 153 Å². The van der Waals surface area contributed by atoms with Crippen LogP contribution in [-0.2, 0) is 10.0 Å². The SMILES string of the molecule is COc1ccc(Cl)cc1S(=O)(=O)N1COc2c(Cl)cc(C(N)=O)cc21. The first-order valence-electron chi connectivity index (χ1n) is 6.88. The summed E-state index contributed by atoms with van der Waals surface area (Å²) >= 11 is 12.0. The monoisotopic (exact) mass is 402 g/mol. The minimum absolute atomic E-state index is 0.0625. The molecule has 2 N–H and O–H groups in total. The van der Waals surface area contributed by atoms with Gasteiger partial charge >= 0.3 is 0 Å². The van der Waals surface area contributed by atoms with Gasteiger partial charge in [-0.15, -0.1) is 0 Å². The number of anilines is 1. The van der Waals surface area contributed by atoms with Gasteiger partial charge in [0.15, 0.2) is 12.5 Å². The molecule has 0 unspecified atom stereocenters. The van der Waals surface area contributed by atoms with Crippen LogP contribution in [0.4, 0.5) is 5.69 Å². The third-order valence-corrected chi connectivity index (χ3v) is 5.87. The summed E-state index contributed by atoms with van der Waals surface area (Å²) in [5.74, 6) is -0.472. The lowest BCUT2D eigenvalue weighted by molar-refractivity contribution is 0.100. The van der Waals surface area contributed by atoms with Crippen LogP contribution in [0, 0.1) is 0 Å². The maximum atomic E-state index is 13.1. The molecule has 0 aromatic heterocycles. The quantitative estimate of drug-likeness (QED) is 0.846. The Kier molecular flexibility index (Phi) is 4.44. The van der Waals surface area contributed by atoms with Crippen LogP contribution in [0.5, 0.6) is 11.5 Å². The van der Waals surface area contributed by atoms with Gasteiger partial charge in [0.05, 0.1) is 17.8 Å². The van der Waals surface area contributed by atoms with Gasteiger partial charge < -0.3 is 15.2 Å². The number of amides is 1. The van der Waals surface area contributed by atoms with Gasteiger partial charge in [0.25, 0.3) is 10.0 Å². The predicted molar refractivity (Wildman–Crippen MR) is 93.1 cm³/mol. The van der Waals surface area contributed by atoms with Crippen molar-refractivity contribution in [2.24, 2.45) is 5.73 Å². The highest BCUT2D eigenvalue weighted by Gasteiger charge is 2.36. The number of nitrogens with zero attached hydrogens (tertiary/aromatic N) is 1. The molecule has 0 fully saturated rings. The number of hydrogen-bond acceptors (Lipinski definition) is 5. The van der Waals surface area contributed by atoms with Crippen molar-refractivity contribution < 1.29 is 22.7 Å². The number of nitrogens with two attached hydrogens (primary N) is 1. The van der Waals surface area contributed by atoms with E-state index in [4.69, 9.17) is 38.4 Å². The molecule has 0 bridgehead atoms. The number of primary amides is 1. The Morgan fingerprint density at radius 2 is 2.00 bits per heavy atom. The number of rotatable bonds is 4. The first-order valence-corrected chi connectivity index (χ1v) is 9.07. The highest BCUT2D eigenvalue weighted by molar-refractivity contribution is 7.93. The highest BCUT2D eigenvalue weighted by atomic mass is 35.5. The van der Waals surface area contributed by atoms with Gasteiger partial charge in [-0.2, -0.15) is 0 Å². The number of carbonyl (C=O) groups is 1. The number of carbonyl (C=O) groups excluding carboxylic acids is 1. The molecule has 1 aliphatic rings. The van der Waals surface area contributed by atoms with E-state index in [9.17, 15) is 13.2 Å². The average Bonchev–Trinajstić information content (AvgIpc) is 3.00. The van der Waals surface area contributed by atoms with Crippen LogP contribution in [0.1, 0.15) is 10.4 Å².